The lowest BCUT2D eigenvalue weighted by molar-refractivity contribution is 0.315. The molecule has 11 heavy (non-hydrogen) atoms. The van der Waals surface area contributed by atoms with Crippen molar-refractivity contribution >= 4 is 25.6 Å². The summed E-state index contributed by atoms with van der Waals surface area (Å²) in [6.45, 7) is 1.98. The molecule has 1 atom stereocenters. The van der Waals surface area contributed by atoms with Crippen LogP contribution in [0.5, 0.6) is 0 Å². The van der Waals surface area contributed by atoms with Crippen LogP contribution in [0.2, 0.25) is 0 Å². The van der Waals surface area contributed by atoms with E-state index in [1.807, 2.05) is 19.1 Å². The summed E-state index contributed by atoms with van der Waals surface area (Å²) in [5.41, 5.74) is 2.76. The highest BCUT2D eigenvalue weighted by Gasteiger charge is 2.04. The molecule has 0 saturated heterocycles. The summed E-state index contributed by atoms with van der Waals surface area (Å²) in [6, 6.07) is 3.97. The second kappa shape index (κ2) is 2.28. The monoisotopic (exact) mass is 166 g/mol. The minimum absolute atomic E-state index is 0.829. The molecule has 0 amide bonds. The van der Waals surface area contributed by atoms with E-state index in [2.05, 4.69) is 24.2 Å². The predicted molar refractivity (Wildman–Crippen MR) is 45.9 cm³/mol. The third-order valence-corrected chi connectivity index (χ3v) is 2.11. The second-order valence-corrected chi connectivity index (χ2v) is 3.06. The summed E-state index contributed by atoms with van der Waals surface area (Å²) < 4.78 is 4.61. The molecule has 1 unspecified atom stereocenters. The molecular formula is C7H7N2OP. The van der Waals surface area contributed by atoms with Gasteiger partial charge in [0.15, 0.2) is 0 Å². The number of nitrogens with zero attached hydrogens (tertiary/aromatic N) is 2. The van der Waals surface area contributed by atoms with E-state index in [-0.39, 0.29) is 0 Å². The van der Waals surface area contributed by atoms with Crippen LogP contribution in [-0.2, 0) is 0 Å². The van der Waals surface area contributed by atoms with Gasteiger partial charge in [-0.2, -0.15) is 0 Å². The van der Waals surface area contributed by atoms with Crippen molar-refractivity contribution in [2.75, 3.05) is 0 Å². The maximum atomic E-state index is 4.61. The lowest BCUT2D eigenvalue weighted by atomic mass is 10.2. The van der Waals surface area contributed by atoms with Crippen molar-refractivity contribution < 1.29 is 4.63 Å². The normalized spacial score (nSPS) is 10.7. The molecule has 3 nitrogen and oxygen atoms in total. The van der Waals surface area contributed by atoms with Crippen molar-refractivity contribution in [3.63, 3.8) is 0 Å². The molecule has 56 valence electrons. The Morgan fingerprint density at radius 3 is 2.73 bits per heavy atom. The van der Waals surface area contributed by atoms with Crippen LogP contribution in [0, 0.1) is 6.92 Å². The molecule has 0 radical (unpaired) electrons. The second-order valence-electron chi connectivity index (χ2n) is 2.43. The molecule has 0 N–H and O–H groups in total. The summed E-state index contributed by atoms with van der Waals surface area (Å²) in [7, 11) is 2.59. The molecule has 0 fully saturated rings. The first kappa shape index (κ1) is 6.74. The van der Waals surface area contributed by atoms with Gasteiger partial charge in [-0.25, -0.2) is 4.63 Å². The van der Waals surface area contributed by atoms with Crippen molar-refractivity contribution in [2.24, 2.45) is 0 Å². The third-order valence-electron chi connectivity index (χ3n) is 1.65. The SMILES string of the molecule is Cc1ccc(P)c2nonc12. The molecule has 0 aliphatic carbocycles. The number of aryl methyl sites for hydroxylation is 1. The molecule has 0 aliphatic heterocycles. The van der Waals surface area contributed by atoms with Gasteiger partial charge >= 0.3 is 0 Å². The molecule has 0 aliphatic rings. The maximum Gasteiger partial charge on any atom is 0.142 e. The Labute approximate surface area is 65.9 Å². The number of hydrogen-bond acceptors (Lipinski definition) is 3. The molecule has 1 aromatic carbocycles. The van der Waals surface area contributed by atoms with Gasteiger partial charge in [-0.1, -0.05) is 12.1 Å². The molecule has 0 bridgehead atoms. The van der Waals surface area contributed by atoms with E-state index in [0.717, 1.165) is 21.9 Å². The first-order chi connectivity index (χ1) is 5.29. The standard InChI is InChI=1S/C7H7N2OP/c1-4-2-3-5(11)7-6(4)8-10-9-7/h2-3H,11H2,1H3. The van der Waals surface area contributed by atoms with Gasteiger partial charge in [-0.15, -0.1) is 9.24 Å². The Morgan fingerprint density at radius 2 is 2.00 bits per heavy atom. The van der Waals surface area contributed by atoms with Gasteiger partial charge in [0.2, 0.25) is 0 Å². The van der Waals surface area contributed by atoms with Crippen molar-refractivity contribution in [1.82, 2.24) is 10.3 Å². The van der Waals surface area contributed by atoms with Gasteiger partial charge in [-0.3, -0.25) is 0 Å². The number of benzene rings is 1. The van der Waals surface area contributed by atoms with Crippen LogP contribution in [0.25, 0.3) is 11.0 Å². The van der Waals surface area contributed by atoms with E-state index in [1.165, 1.54) is 0 Å². The Kier molecular flexibility index (Phi) is 1.40. The van der Waals surface area contributed by atoms with Crippen molar-refractivity contribution in [1.29, 1.82) is 0 Å². The van der Waals surface area contributed by atoms with Crippen molar-refractivity contribution in [2.45, 2.75) is 6.92 Å². The molecule has 2 aromatic rings. The van der Waals surface area contributed by atoms with E-state index in [1.54, 1.807) is 0 Å². The van der Waals surface area contributed by atoms with E-state index < -0.39 is 0 Å². The zero-order chi connectivity index (χ0) is 7.84. The van der Waals surface area contributed by atoms with E-state index in [4.69, 9.17) is 0 Å². The van der Waals surface area contributed by atoms with E-state index >= 15 is 0 Å². The smallest absolute Gasteiger partial charge is 0.142 e. The zero-order valence-electron chi connectivity index (χ0n) is 6.03. The molecule has 1 aromatic heterocycles. The molecule has 2 rings (SSSR count). The minimum atomic E-state index is 0.829. The molecule has 1 heterocycles. The predicted octanol–water partition coefficient (Wildman–Crippen LogP) is 1.03. The van der Waals surface area contributed by atoms with Gasteiger partial charge < -0.3 is 0 Å². The summed E-state index contributed by atoms with van der Waals surface area (Å²) in [5.74, 6) is 0. The first-order valence-corrected chi connectivity index (χ1v) is 3.84. The van der Waals surface area contributed by atoms with Crippen LogP contribution in [0.15, 0.2) is 16.8 Å². The summed E-state index contributed by atoms with van der Waals surface area (Å²) in [5, 5.41) is 8.57. The lowest BCUT2D eigenvalue weighted by Crippen LogP contribution is -1.92. The summed E-state index contributed by atoms with van der Waals surface area (Å²) in [4.78, 5) is 0. The Balaban J connectivity index is 2.96. The topological polar surface area (TPSA) is 38.9 Å². The minimum Gasteiger partial charge on any atom is -0.243 e. The number of hydrogen-bond donors (Lipinski definition) is 0. The van der Waals surface area contributed by atoms with E-state index in [9.17, 15) is 0 Å². The summed E-state index contributed by atoms with van der Waals surface area (Å²) in [6.07, 6.45) is 0. The Morgan fingerprint density at radius 1 is 1.27 bits per heavy atom. The van der Waals surface area contributed by atoms with Gasteiger partial charge in [0, 0.05) is 5.30 Å². The Bertz CT molecular complexity index is 360. The largest absolute Gasteiger partial charge is 0.243 e. The molecule has 0 spiro atoms. The third kappa shape index (κ3) is 0.925. The maximum absolute atomic E-state index is 4.61. The van der Waals surface area contributed by atoms with Crippen LogP contribution in [0.4, 0.5) is 0 Å². The highest BCUT2D eigenvalue weighted by atomic mass is 31.0. The molecule has 0 saturated carbocycles. The molecule has 4 heteroatoms. The van der Waals surface area contributed by atoms with Crippen LogP contribution in [0.3, 0.4) is 0 Å². The highest BCUT2D eigenvalue weighted by Crippen LogP contribution is 2.12. The highest BCUT2D eigenvalue weighted by molar-refractivity contribution is 7.28. The van der Waals surface area contributed by atoms with E-state index in [0.29, 0.717) is 0 Å². The van der Waals surface area contributed by atoms with Gasteiger partial charge in [-0.05, 0) is 22.8 Å². The summed E-state index contributed by atoms with van der Waals surface area (Å²) >= 11 is 0. The quantitative estimate of drug-likeness (QED) is 0.548. The van der Waals surface area contributed by atoms with Gasteiger partial charge in [0.05, 0.1) is 0 Å². The fourth-order valence-corrected chi connectivity index (χ4v) is 1.30. The van der Waals surface area contributed by atoms with Crippen LogP contribution in [0.1, 0.15) is 5.56 Å². The number of fused-ring (bicyclic) bond motifs is 1. The fraction of sp³-hybridized carbons (Fsp3) is 0.143. The average Bonchev–Trinajstić information content (AvgIpc) is 2.45. The lowest BCUT2D eigenvalue weighted by Gasteiger charge is -1.92. The van der Waals surface area contributed by atoms with Crippen molar-refractivity contribution in [3.8, 4) is 0 Å². The van der Waals surface area contributed by atoms with Crippen LogP contribution >= 0.6 is 9.24 Å². The van der Waals surface area contributed by atoms with Gasteiger partial charge in [0.1, 0.15) is 11.0 Å². The van der Waals surface area contributed by atoms with Crippen molar-refractivity contribution in [3.05, 3.63) is 17.7 Å². The average molecular weight is 166 g/mol. The zero-order valence-corrected chi connectivity index (χ0v) is 7.19. The number of rotatable bonds is 0. The van der Waals surface area contributed by atoms with Crippen LogP contribution in [-0.4, -0.2) is 10.3 Å². The Hall–Kier alpha value is -0.950. The van der Waals surface area contributed by atoms with Crippen LogP contribution < -0.4 is 5.30 Å². The number of aromatic nitrogens is 2. The first-order valence-electron chi connectivity index (χ1n) is 3.26. The molecular weight excluding hydrogens is 159 g/mol. The van der Waals surface area contributed by atoms with Gasteiger partial charge in [0.25, 0.3) is 0 Å². The fourth-order valence-electron chi connectivity index (χ4n) is 1.01.